The van der Waals surface area contributed by atoms with E-state index in [1.54, 1.807) is 24.6 Å². The fraction of sp³-hybridized carbons (Fsp3) is 0.0625. The van der Waals surface area contributed by atoms with Gasteiger partial charge in [-0.1, -0.05) is 24.3 Å². The lowest BCUT2D eigenvalue weighted by Gasteiger charge is -1.99. The third-order valence-corrected chi connectivity index (χ3v) is 4.29. The number of nitrogens with one attached hydrogen (secondary N) is 2. The molecular formula is C16H15N5S2. The number of benzene rings is 1. The van der Waals surface area contributed by atoms with Crippen LogP contribution in [0.1, 0.15) is 5.56 Å². The molecule has 116 valence electrons. The van der Waals surface area contributed by atoms with Gasteiger partial charge in [-0.05, 0) is 35.8 Å². The molecule has 0 atom stereocenters. The molecule has 0 spiro atoms. The quantitative estimate of drug-likeness (QED) is 0.435. The van der Waals surface area contributed by atoms with Gasteiger partial charge < -0.3 is 5.32 Å². The molecule has 2 N–H and O–H groups in total. The minimum absolute atomic E-state index is 0.467. The summed E-state index contributed by atoms with van der Waals surface area (Å²) in [5, 5.41) is 14.2. The second kappa shape index (κ2) is 7.17. The van der Waals surface area contributed by atoms with Crippen LogP contribution >= 0.6 is 23.6 Å². The van der Waals surface area contributed by atoms with E-state index in [9.17, 15) is 0 Å². The molecule has 0 aliphatic carbocycles. The van der Waals surface area contributed by atoms with Gasteiger partial charge in [0.05, 0.1) is 16.8 Å². The van der Waals surface area contributed by atoms with Crippen molar-refractivity contribution in [2.24, 2.45) is 5.10 Å². The Morgan fingerprint density at radius 1 is 1.26 bits per heavy atom. The Kier molecular flexibility index (Phi) is 4.80. The lowest BCUT2D eigenvalue weighted by Crippen LogP contribution is -2.28. The van der Waals surface area contributed by atoms with Crippen LogP contribution in [0, 0.1) is 0 Å². The Labute approximate surface area is 143 Å². The highest BCUT2D eigenvalue weighted by Gasteiger charge is 2.11. The maximum absolute atomic E-state index is 5.01. The van der Waals surface area contributed by atoms with Crippen LogP contribution in [0.5, 0.6) is 0 Å². The number of hydrazone groups is 1. The van der Waals surface area contributed by atoms with Crippen LogP contribution in [-0.4, -0.2) is 28.2 Å². The number of para-hydroxylation sites is 1. The van der Waals surface area contributed by atoms with Gasteiger partial charge in [0.15, 0.2) is 5.11 Å². The van der Waals surface area contributed by atoms with Gasteiger partial charge in [0, 0.05) is 18.8 Å². The van der Waals surface area contributed by atoms with E-state index < -0.39 is 0 Å². The third-order valence-electron chi connectivity index (χ3n) is 3.11. The zero-order chi connectivity index (χ0) is 16.1. The Morgan fingerprint density at radius 2 is 2.09 bits per heavy atom. The predicted molar refractivity (Wildman–Crippen MR) is 99.3 cm³/mol. The normalized spacial score (nSPS) is 10.8. The Bertz CT molecular complexity index is 806. The molecule has 0 fully saturated rings. The largest absolute Gasteiger partial charge is 0.364 e. The molecule has 7 heteroatoms. The van der Waals surface area contributed by atoms with Crippen molar-refractivity contribution in [3.05, 3.63) is 59.6 Å². The fourth-order valence-electron chi connectivity index (χ4n) is 2.02. The molecular weight excluding hydrogens is 326 g/mol. The fourth-order valence-corrected chi connectivity index (χ4v) is 2.80. The monoisotopic (exact) mass is 341 g/mol. The van der Waals surface area contributed by atoms with Crippen LogP contribution in [0.15, 0.2) is 59.1 Å². The lowest BCUT2D eigenvalue weighted by molar-refractivity contribution is 0.885. The van der Waals surface area contributed by atoms with E-state index in [1.165, 1.54) is 0 Å². The summed E-state index contributed by atoms with van der Waals surface area (Å²) in [6.45, 7) is 0. The maximum atomic E-state index is 5.01. The average Bonchev–Trinajstić information content (AvgIpc) is 3.25. The van der Waals surface area contributed by atoms with Crippen molar-refractivity contribution < 1.29 is 0 Å². The second-order valence-corrected chi connectivity index (χ2v) is 6.00. The Balaban J connectivity index is 1.96. The molecule has 0 aliphatic rings. The number of aromatic nitrogens is 2. The molecule has 0 amide bonds. The molecule has 0 saturated heterocycles. The molecule has 23 heavy (non-hydrogen) atoms. The van der Waals surface area contributed by atoms with Crippen LogP contribution in [-0.2, 0) is 0 Å². The summed E-state index contributed by atoms with van der Waals surface area (Å²) >= 11 is 6.66. The minimum Gasteiger partial charge on any atom is -0.364 e. The first-order valence-corrected chi connectivity index (χ1v) is 8.26. The zero-order valence-electron chi connectivity index (χ0n) is 12.4. The predicted octanol–water partition coefficient (Wildman–Crippen LogP) is 3.03. The molecule has 0 bridgehead atoms. The Morgan fingerprint density at radius 3 is 2.78 bits per heavy atom. The van der Waals surface area contributed by atoms with Gasteiger partial charge in [-0.3, -0.25) is 5.43 Å². The zero-order valence-corrected chi connectivity index (χ0v) is 14.1. The first-order chi connectivity index (χ1) is 11.3. The van der Waals surface area contributed by atoms with Gasteiger partial charge in [-0.25, -0.2) is 4.68 Å². The smallest absolute Gasteiger partial charge is 0.186 e. The van der Waals surface area contributed by atoms with E-state index in [0.717, 1.165) is 21.8 Å². The van der Waals surface area contributed by atoms with Crippen molar-refractivity contribution in [2.75, 3.05) is 7.05 Å². The maximum Gasteiger partial charge on any atom is 0.186 e. The molecule has 3 rings (SSSR count). The molecule has 1 aromatic carbocycles. The van der Waals surface area contributed by atoms with Crippen LogP contribution in [0.3, 0.4) is 0 Å². The highest BCUT2D eigenvalue weighted by molar-refractivity contribution is 7.80. The van der Waals surface area contributed by atoms with Gasteiger partial charge >= 0.3 is 0 Å². The van der Waals surface area contributed by atoms with E-state index >= 15 is 0 Å². The molecule has 0 aliphatic heterocycles. The van der Waals surface area contributed by atoms with Crippen molar-refractivity contribution in [1.82, 2.24) is 20.5 Å². The minimum atomic E-state index is 0.467. The standard InChI is InChI=1S/C16H15N5S2/c1-17-16(22)19-18-10-12-11-21(13-6-3-2-4-7-13)20-15(12)14-8-5-9-23-14/h2-11H,1H3,(H2,17,19,22)/b18-10+. The van der Waals surface area contributed by atoms with E-state index in [4.69, 9.17) is 17.3 Å². The number of hydrogen-bond donors (Lipinski definition) is 2. The molecule has 5 nitrogen and oxygen atoms in total. The third kappa shape index (κ3) is 3.64. The van der Waals surface area contributed by atoms with Crippen molar-refractivity contribution in [1.29, 1.82) is 0 Å². The molecule has 0 saturated carbocycles. The average molecular weight is 341 g/mol. The summed E-state index contributed by atoms with van der Waals surface area (Å²) in [5.41, 5.74) is 5.57. The van der Waals surface area contributed by atoms with E-state index in [2.05, 4.69) is 15.8 Å². The van der Waals surface area contributed by atoms with E-state index in [-0.39, 0.29) is 0 Å². The number of thiocarbonyl (C=S) groups is 1. The van der Waals surface area contributed by atoms with Crippen LogP contribution in [0.4, 0.5) is 0 Å². The van der Waals surface area contributed by atoms with Crippen LogP contribution in [0.2, 0.25) is 0 Å². The summed E-state index contributed by atoms with van der Waals surface area (Å²) in [4.78, 5) is 1.09. The summed E-state index contributed by atoms with van der Waals surface area (Å²) in [5.74, 6) is 0. The van der Waals surface area contributed by atoms with Crippen molar-refractivity contribution >= 4 is 34.9 Å². The molecule has 2 heterocycles. The van der Waals surface area contributed by atoms with Crippen molar-refractivity contribution in [3.63, 3.8) is 0 Å². The summed E-state index contributed by atoms with van der Waals surface area (Å²) < 4.78 is 1.85. The van der Waals surface area contributed by atoms with Gasteiger partial charge in [-0.15, -0.1) is 11.3 Å². The second-order valence-electron chi connectivity index (χ2n) is 4.64. The van der Waals surface area contributed by atoms with Gasteiger partial charge in [0.25, 0.3) is 0 Å². The number of rotatable bonds is 4. The lowest BCUT2D eigenvalue weighted by atomic mass is 10.2. The van der Waals surface area contributed by atoms with Crippen LogP contribution < -0.4 is 10.7 Å². The number of thiophene rings is 1. The van der Waals surface area contributed by atoms with Crippen molar-refractivity contribution in [3.8, 4) is 16.3 Å². The Hall–Kier alpha value is -2.51. The van der Waals surface area contributed by atoms with Crippen LogP contribution in [0.25, 0.3) is 16.3 Å². The summed E-state index contributed by atoms with van der Waals surface area (Å²) in [6, 6.07) is 14.0. The summed E-state index contributed by atoms with van der Waals surface area (Å²) in [7, 11) is 1.75. The highest BCUT2D eigenvalue weighted by atomic mass is 32.1. The van der Waals surface area contributed by atoms with Crippen molar-refractivity contribution in [2.45, 2.75) is 0 Å². The topological polar surface area (TPSA) is 54.2 Å². The number of nitrogens with zero attached hydrogens (tertiary/aromatic N) is 3. The molecule has 2 aromatic heterocycles. The van der Waals surface area contributed by atoms with Gasteiger partial charge in [0.1, 0.15) is 5.69 Å². The van der Waals surface area contributed by atoms with E-state index in [1.807, 2.05) is 58.7 Å². The summed E-state index contributed by atoms with van der Waals surface area (Å²) in [6.07, 6.45) is 3.68. The SMILES string of the molecule is CNC(=S)N/N=C/c1cn(-c2ccccc2)nc1-c1cccs1. The molecule has 3 aromatic rings. The first-order valence-electron chi connectivity index (χ1n) is 6.97. The molecule has 0 unspecified atom stereocenters. The van der Waals surface area contributed by atoms with E-state index in [0.29, 0.717) is 5.11 Å². The first kappa shape index (κ1) is 15.4. The molecule has 0 radical (unpaired) electrons. The highest BCUT2D eigenvalue weighted by Crippen LogP contribution is 2.26. The van der Waals surface area contributed by atoms with Gasteiger partial charge in [-0.2, -0.15) is 10.2 Å². The number of hydrogen-bond acceptors (Lipinski definition) is 4. The van der Waals surface area contributed by atoms with Gasteiger partial charge in [0.2, 0.25) is 0 Å².